The van der Waals surface area contributed by atoms with Crippen LogP contribution in [-0.4, -0.2) is 0 Å². The van der Waals surface area contributed by atoms with Gasteiger partial charge in [-0.25, -0.2) is 9.13 Å². The van der Waals surface area contributed by atoms with Crippen LogP contribution in [0.1, 0.15) is 140 Å². The minimum Gasteiger partial charge on any atom is -0.205 e. The molecule has 2 aromatic heterocycles. The van der Waals surface area contributed by atoms with E-state index in [0.717, 1.165) is 0 Å². The van der Waals surface area contributed by atoms with Crippen LogP contribution in [0.4, 0.5) is 0 Å². The quantitative estimate of drug-likeness (QED) is 0.324. The van der Waals surface area contributed by atoms with E-state index < -0.39 is 0 Å². The number of pyridine rings is 2. The number of hydrogen-bond acceptors (Lipinski definition) is 0. The van der Waals surface area contributed by atoms with E-state index in [2.05, 4.69) is 58.2 Å². The molecule has 2 aromatic rings. The fourth-order valence-corrected chi connectivity index (χ4v) is 5.80. The maximum absolute atomic E-state index is 2.43. The first-order chi connectivity index (χ1) is 17.9. The molecule has 4 bridgehead atoms. The standard InChI is InChI=1S/C34H56N2/c1-3-7-11-15-19-27-35-29-22-26-34(32-35)24-18-14-10-6-2-4-8-12-16-20-28-36-30-21-25-33(31-36)23-17-13-9-5-1/h21-22,25-26,29-32H,1-20,23-24,27-28H2/q+2. The zero-order valence-electron chi connectivity index (χ0n) is 23.5. The third-order valence-corrected chi connectivity index (χ3v) is 8.10. The molecule has 3 rings (SSSR count). The molecule has 3 heterocycles. The molecule has 0 unspecified atom stereocenters. The minimum atomic E-state index is 1.19. The minimum absolute atomic E-state index is 1.19. The van der Waals surface area contributed by atoms with Crippen molar-refractivity contribution in [1.29, 1.82) is 0 Å². The Morgan fingerprint density at radius 1 is 0.361 bits per heavy atom. The highest BCUT2D eigenvalue weighted by atomic mass is 14.9. The molecule has 2 heteroatoms. The van der Waals surface area contributed by atoms with Gasteiger partial charge < -0.3 is 0 Å². The summed E-state index contributed by atoms with van der Waals surface area (Å²) in [7, 11) is 0. The van der Waals surface area contributed by atoms with Gasteiger partial charge in [-0.05, 0) is 50.7 Å². The summed E-state index contributed by atoms with van der Waals surface area (Å²) in [6, 6.07) is 9.17. The van der Waals surface area contributed by atoms with Crippen LogP contribution in [-0.2, 0) is 25.9 Å². The van der Waals surface area contributed by atoms with Crippen LogP contribution in [0, 0.1) is 0 Å². The van der Waals surface area contributed by atoms with E-state index in [0.29, 0.717) is 0 Å². The fourth-order valence-electron chi connectivity index (χ4n) is 5.80. The first kappa shape index (κ1) is 28.9. The Labute approximate surface area is 223 Å². The monoisotopic (exact) mass is 492 g/mol. The normalized spacial score (nSPS) is 19.8. The van der Waals surface area contributed by atoms with E-state index in [1.807, 2.05) is 0 Å². The van der Waals surface area contributed by atoms with Gasteiger partial charge in [-0.3, -0.25) is 0 Å². The Hall–Kier alpha value is -1.70. The largest absolute Gasteiger partial charge is 0.205 e. The van der Waals surface area contributed by atoms with Gasteiger partial charge in [0.15, 0.2) is 24.8 Å². The molecular weight excluding hydrogens is 436 g/mol. The van der Waals surface area contributed by atoms with Crippen molar-refractivity contribution in [2.24, 2.45) is 0 Å². The lowest BCUT2D eigenvalue weighted by Crippen LogP contribution is -2.33. The van der Waals surface area contributed by atoms with Crippen molar-refractivity contribution in [3.63, 3.8) is 0 Å². The first-order valence-corrected chi connectivity index (χ1v) is 15.9. The molecule has 0 amide bonds. The Morgan fingerprint density at radius 3 is 1.03 bits per heavy atom. The summed E-state index contributed by atoms with van der Waals surface area (Å²) in [5.41, 5.74) is 3.06. The van der Waals surface area contributed by atoms with Gasteiger partial charge in [0.2, 0.25) is 0 Å². The average Bonchev–Trinajstić information content (AvgIpc) is 2.90. The smallest absolute Gasteiger partial charge is 0.171 e. The number of hydrogen-bond donors (Lipinski definition) is 0. The maximum atomic E-state index is 2.43. The van der Waals surface area contributed by atoms with E-state index in [-0.39, 0.29) is 0 Å². The lowest BCUT2D eigenvalue weighted by molar-refractivity contribution is -0.697. The molecule has 0 atom stereocenters. The molecule has 200 valence electrons. The fraction of sp³-hybridized carbons (Fsp3) is 0.706. The van der Waals surface area contributed by atoms with Crippen molar-refractivity contribution in [1.82, 2.24) is 0 Å². The van der Waals surface area contributed by atoms with Crippen molar-refractivity contribution >= 4 is 0 Å². The van der Waals surface area contributed by atoms with Crippen molar-refractivity contribution in [2.45, 2.75) is 154 Å². The van der Waals surface area contributed by atoms with Crippen LogP contribution in [0.15, 0.2) is 49.1 Å². The molecule has 1 aliphatic heterocycles. The van der Waals surface area contributed by atoms with Gasteiger partial charge in [0.1, 0.15) is 13.1 Å². The number of fused-ring (bicyclic) bond motifs is 4. The first-order valence-electron chi connectivity index (χ1n) is 15.9. The van der Waals surface area contributed by atoms with Crippen molar-refractivity contribution in [2.75, 3.05) is 0 Å². The van der Waals surface area contributed by atoms with E-state index >= 15 is 0 Å². The van der Waals surface area contributed by atoms with Crippen LogP contribution < -0.4 is 9.13 Å². The zero-order chi connectivity index (χ0) is 24.9. The van der Waals surface area contributed by atoms with Crippen molar-refractivity contribution < 1.29 is 9.13 Å². The molecule has 0 saturated carbocycles. The Bertz CT molecular complexity index is 673. The molecule has 0 aliphatic carbocycles. The van der Waals surface area contributed by atoms with Crippen LogP contribution in [0.2, 0.25) is 0 Å². The second-order valence-corrected chi connectivity index (χ2v) is 11.5. The molecule has 0 spiro atoms. The van der Waals surface area contributed by atoms with Crippen molar-refractivity contribution in [3.05, 3.63) is 60.2 Å². The van der Waals surface area contributed by atoms with Gasteiger partial charge in [-0.1, -0.05) is 89.9 Å². The Morgan fingerprint density at radius 2 is 0.667 bits per heavy atom. The van der Waals surface area contributed by atoms with E-state index in [1.165, 1.54) is 165 Å². The third-order valence-electron chi connectivity index (χ3n) is 8.10. The molecule has 1 aliphatic rings. The van der Waals surface area contributed by atoms with E-state index in [4.69, 9.17) is 0 Å². The number of aromatic nitrogens is 2. The van der Waals surface area contributed by atoms with Crippen LogP contribution >= 0.6 is 0 Å². The number of rotatable bonds is 0. The maximum Gasteiger partial charge on any atom is 0.171 e. The second kappa shape index (κ2) is 19.4. The predicted molar refractivity (Wildman–Crippen MR) is 153 cm³/mol. The number of aryl methyl sites for hydroxylation is 4. The highest BCUT2D eigenvalue weighted by Crippen LogP contribution is 2.14. The highest BCUT2D eigenvalue weighted by molar-refractivity contribution is 5.05. The SMILES string of the molecule is c1cc2c[n+](c1)CCCCCCCCCCCCc1ccc[n+](c1)CCCCCCCCCCCC2. The summed E-state index contributed by atoms with van der Waals surface area (Å²) in [5, 5.41) is 0. The second-order valence-electron chi connectivity index (χ2n) is 11.5. The summed E-state index contributed by atoms with van der Waals surface area (Å²) in [6.07, 6.45) is 39.9. The van der Waals surface area contributed by atoms with Gasteiger partial charge in [0, 0.05) is 36.1 Å². The highest BCUT2D eigenvalue weighted by Gasteiger charge is 2.05. The molecule has 0 saturated heterocycles. The Balaban J connectivity index is 1.36. The lowest BCUT2D eigenvalue weighted by atomic mass is 10.0. The molecule has 0 radical (unpaired) electrons. The molecule has 36 heavy (non-hydrogen) atoms. The molecule has 2 nitrogen and oxygen atoms in total. The molecule has 0 fully saturated rings. The molecular formula is C34H56N2+2. The number of nitrogens with zero attached hydrogens (tertiary/aromatic N) is 2. The Kier molecular flexibility index (Phi) is 15.6. The zero-order valence-corrected chi connectivity index (χ0v) is 23.5. The predicted octanol–water partition coefficient (Wildman–Crippen LogP) is 8.86. The summed E-state index contributed by atoms with van der Waals surface area (Å²) >= 11 is 0. The molecule has 0 N–H and O–H groups in total. The summed E-state index contributed by atoms with van der Waals surface area (Å²) in [5.74, 6) is 0. The van der Waals surface area contributed by atoms with Crippen molar-refractivity contribution in [3.8, 4) is 0 Å². The lowest BCUT2D eigenvalue weighted by Gasteiger charge is -2.05. The summed E-state index contributed by atoms with van der Waals surface area (Å²) < 4.78 is 4.87. The van der Waals surface area contributed by atoms with Gasteiger partial charge in [0.25, 0.3) is 0 Å². The summed E-state index contributed by atoms with van der Waals surface area (Å²) in [4.78, 5) is 0. The van der Waals surface area contributed by atoms with Gasteiger partial charge in [-0.2, -0.15) is 0 Å². The average molecular weight is 493 g/mol. The van der Waals surface area contributed by atoms with Gasteiger partial charge in [-0.15, -0.1) is 0 Å². The van der Waals surface area contributed by atoms with E-state index in [1.54, 1.807) is 0 Å². The van der Waals surface area contributed by atoms with Gasteiger partial charge >= 0.3 is 0 Å². The van der Waals surface area contributed by atoms with Crippen LogP contribution in [0.5, 0.6) is 0 Å². The topological polar surface area (TPSA) is 7.76 Å². The van der Waals surface area contributed by atoms with Crippen LogP contribution in [0.3, 0.4) is 0 Å². The van der Waals surface area contributed by atoms with E-state index in [9.17, 15) is 0 Å². The van der Waals surface area contributed by atoms with Gasteiger partial charge in [0.05, 0.1) is 0 Å². The van der Waals surface area contributed by atoms with Crippen LogP contribution in [0.25, 0.3) is 0 Å². The third kappa shape index (κ3) is 13.6. The summed E-state index contributed by atoms with van der Waals surface area (Å²) in [6.45, 7) is 2.38. The molecule has 0 aromatic carbocycles.